The highest BCUT2D eigenvalue weighted by molar-refractivity contribution is 6.05. The number of likely N-dealkylation sites (tertiary alicyclic amines) is 3. The van der Waals surface area contributed by atoms with Crippen LogP contribution in [0.15, 0.2) is 92.0 Å². The first kappa shape index (κ1) is 93.8. The smallest absolute Gasteiger partial charge is 0.410 e. The fourth-order valence-corrected chi connectivity index (χ4v) is 23.0. The number of carbonyl (C=O) groups excluding carboxylic acids is 6. The molecular formula is C103H130N18O11. The lowest BCUT2D eigenvalue weighted by molar-refractivity contribution is -0.128. The molecule has 6 aliphatic heterocycles. The third kappa shape index (κ3) is 19.7. The zero-order valence-electron chi connectivity index (χ0n) is 79.0. The van der Waals surface area contributed by atoms with Gasteiger partial charge in [-0.15, -0.1) is 0 Å². The number of ketones is 3. The second kappa shape index (κ2) is 39.0. The minimum absolute atomic E-state index is 0.0202. The van der Waals surface area contributed by atoms with Crippen molar-refractivity contribution in [3.8, 4) is 36.2 Å². The van der Waals surface area contributed by atoms with E-state index in [2.05, 4.69) is 156 Å². The van der Waals surface area contributed by atoms with Crippen molar-refractivity contribution < 1.29 is 52.5 Å². The Morgan fingerprint density at radius 2 is 0.795 bits per heavy atom. The molecule has 3 spiro atoms. The van der Waals surface area contributed by atoms with E-state index in [-0.39, 0.29) is 103 Å². The van der Waals surface area contributed by atoms with E-state index in [1.54, 1.807) is 14.7 Å². The highest BCUT2D eigenvalue weighted by Gasteiger charge is 2.53. The normalized spacial score (nSPS) is 26.4. The van der Waals surface area contributed by atoms with Gasteiger partial charge in [-0.2, -0.15) is 45.7 Å². The van der Waals surface area contributed by atoms with Crippen LogP contribution < -0.4 is 28.9 Å². The number of likely N-dealkylation sites (N-methyl/N-ethyl adjacent to an activating group) is 3. The zero-order valence-corrected chi connectivity index (χ0v) is 79.0. The SMILES string of the molecule is C=C1C[C@]2(CCc3c(nc(OC[C@@H]4CCCN4C)nc3N3CCN(C(=O)OC(C)(C)C)[C@@H](CC#N)C3)C2=O)Cc2ccccc21.C=CC(=O)N1CCN(c2nc(OC[C@@H]3CCCN3C)nc3c2CC[C@@]2(Cc4ccccc4C(C)C2)C3=O)C[C@@H]1CC#N.CC1C[C@]2(CCc3c(nc(OC[C@@H]4CCCN4C)nc3N3CCN(C(=O)OC(C)(C)C)[C@@H](CC#N)C3)C2=O)Cc2ccccc21. The zero-order chi connectivity index (χ0) is 93.3. The first-order valence-corrected chi connectivity index (χ1v) is 47.8. The summed E-state index contributed by atoms with van der Waals surface area (Å²) in [5.41, 5.74) is 9.49. The minimum Gasteiger partial charge on any atom is -0.462 e. The fourth-order valence-electron chi connectivity index (χ4n) is 23.0. The Morgan fingerprint density at radius 1 is 0.455 bits per heavy atom. The van der Waals surface area contributed by atoms with Gasteiger partial charge in [0.1, 0.15) is 65.6 Å². The van der Waals surface area contributed by atoms with Crippen LogP contribution in [-0.4, -0.2) is 262 Å². The van der Waals surface area contributed by atoms with Gasteiger partial charge in [-0.25, -0.2) is 9.59 Å². The molecule has 0 radical (unpaired) electrons. The van der Waals surface area contributed by atoms with Crippen molar-refractivity contribution >= 4 is 58.5 Å². The van der Waals surface area contributed by atoms with Crippen LogP contribution in [0.25, 0.3) is 5.57 Å². The van der Waals surface area contributed by atoms with Crippen molar-refractivity contribution in [1.82, 2.24) is 59.3 Å². The highest BCUT2D eigenvalue weighted by Crippen LogP contribution is 2.54. The van der Waals surface area contributed by atoms with E-state index >= 15 is 0 Å². The van der Waals surface area contributed by atoms with Gasteiger partial charge >= 0.3 is 30.2 Å². The topological polar surface area (TPSA) is 326 Å². The number of piperazine rings is 3. The van der Waals surface area contributed by atoms with E-state index in [9.17, 15) is 44.6 Å². The molecule has 3 aromatic carbocycles. The number of hydrogen-bond acceptors (Lipinski definition) is 26. The van der Waals surface area contributed by atoms with E-state index in [4.69, 9.17) is 53.6 Å². The monoisotopic (exact) mass is 1800 g/mol. The Bertz CT molecular complexity index is 5530. The van der Waals surface area contributed by atoms with Gasteiger partial charge in [-0.3, -0.25) is 19.2 Å². The number of amides is 3. The summed E-state index contributed by atoms with van der Waals surface area (Å²) in [7, 11) is 6.31. The quantitative estimate of drug-likeness (QED) is 0.0812. The summed E-state index contributed by atoms with van der Waals surface area (Å²) in [6.45, 7) is 31.9. The lowest BCUT2D eigenvalue weighted by Crippen LogP contribution is -2.56. The van der Waals surface area contributed by atoms with Crippen LogP contribution in [0.4, 0.5) is 27.0 Å². The predicted molar refractivity (Wildman–Crippen MR) is 501 cm³/mol. The van der Waals surface area contributed by atoms with Crippen LogP contribution in [0.5, 0.6) is 18.0 Å². The van der Waals surface area contributed by atoms with Gasteiger partial charge in [0.05, 0.1) is 55.6 Å². The maximum absolute atomic E-state index is 14.6. The van der Waals surface area contributed by atoms with Gasteiger partial charge in [0.2, 0.25) is 5.91 Å². The van der Waals surface area contributed by atoms with Crippen LogP contribution >= 0.6 is 0 Å². The number of ether oxygens (including phenoxy) is 5. The molecule has 9 heterocycles. The molecule has 132 heavy (non-hydrogen) atoms. The average Bonchev–Trinajstić information content (AvgIpc) is 0.879. The van der Waals surface area contributed by atoms with Gasteiger partial charge in [0.25, 0.3) is 0 Å². The Balaban J connectivity index is 0.000000145. The van der Waals surface area contributed by atoms with E-state index < -0.39 is 39.6 Å². The van der Waals surface area contributed by atoms with Crippen LogP contribution in [0.3, 0.4) is 0 Å². The van der Waals surface area contributed by atoms with Crippen molar-refractivity contribution in [3.63, 3.8) is 0 Å². The third-order valence-corrected chi connectivity index (χ3v) is 29.9. The van der Waals surface area contributed by atoms with Crippen molar-refractivity contribution in [2.45, 2.75) is 250 Å². The Labute approximate surface area is 777 Å². The largest absolute Gasteiger partial charge is 0.462 e. The Morgan fingerprint density at radius 3 is 1.16 bits per heavy atom. The third-order valence-electron chi connectivity index (χ3n) is 29.9. The molecule has 12 aliphatic rings. The number of carbonyl (C=O) groups is 6. The molecule has 11 atom stereocenters. The van der Waals surface area contributed by atoms with Gasteiger partial charge in [0.15, 0.2) is 17.3 Å². The van der Waals surface area contributed by atoms with Gasteiger partial charge in [0, 0.05) is 110 Å². The number of rotatable bonds is 16. The van der Waals surface area contributed by atoms with Crippen LogP contribution in [0.1, 0.15) is 245 Å². The number of Topliss-reactive ketones (excluding diaryl/α,β-unsaturated/α-hetero) is 3. The Kier molecular flexibility index (Phi) is 27.7. The van der Waals surface area contributed by atoms with Crippen LogP contribution in [0.2, 0.25) is 0 Å². The van der Waals surface area contributed by atoms with E-state index in [1.165, 1.54) is 28.3 Å². The van der Waals surface area contributed by atoms with Crippen molar-refractivity contribution in [2.75, 3.05) is 134 Å². The average molecular weight is 1800 g/mol. The number of aromatic nitrogens is 6. The van der Waals surface area contributed by atoms with Gasteiger partial charge in [-0.1, -0.05) is 99.8 Å². The first-order valence-electron chi connectivity index (χ1n) is 47.8. The lowest BCUT2D eigenvalue weighted by atomic mass is 9.60. The molecule has 6 aliphatic carbocycles. The fraction of sp³-hybridized carbons (Fsp3) is 0.583. The minimum atomic E-state index is -0.641. The molecular weight excluding hydrogens is 1670 g/mol. The van der Waals surface area contributed by atoms with Crippen molar-refractivity contribution in [1.29, 1.82) is 15.8 Å². The van der Waals surface area contributed by atoms with Crippen LogP contribution in [-0.2, 0) is 52.8 Å². The van der Waals surface area contributed by atoms with Gasteiger partial charge < -0.3 is 67.8 Å². The summed E-state index contributed by atoms with van der Waals surface area (Å²) in [6.07, 6.45) is 16.0. The number of nitriles is 3. The van der Waals surface area contributed by atoms with Crippen LogP contribution in [0, 0.1) is 50.2 Å². The molecule has 6 fully saturated rings. The lowest BCUT2D eigenvalue weighted by Gasteiger charge is -2.44. The van der Waals surface area contributed by atoms with Gasteiger partial charge in [-0.05, 0) is 255 Å². The second-order valence-electron chi connectivity index (χ2n) is 41.1. The summed E-state index contributed by atoms with van der Waals surface area (Å²) >= 11 is 0. The molecule has 698 valence electrons. The number of fused-ring (bicyclic) bond motifs is 6. The Hall–Kier alpha value is -11.5. The highest BCUT2D eigenvalue weighted by atomic mass is 16.6. The standard InChI is InChI=1S/C35H46N6O4.C35H44N6O4.C33H40N6O3/c2*1-23-19-35(20-24-9-6-7-11-27(23)24)14-12-28-29(30(35)42)37-32(44-22-26-10-8-16-39(26)5)38-31(28)40-17-18-41(25(21-40)13-15-36)33(43)45-34(2,3)4;1-4-28(40)39-17-16-38(20-24(39)12-14-34)31-27-11-13-33(18-22(2)26-10-6-5-8-23(26)19-33)30(41)29(27)35-32(36-31)42-21-25-9-7-15-37(25)3/h6-7,9,11,23,25-26H,8,10,12-14,16-22H2,1-5H3;6-7,9,11,25-26H,1,8,10,12-14,16-22H2,2-5H3;4-6,8,10,22,24-25H,1,7,9,11-13,15-21H2,2-3H3/t23?,25-,26-,35+;25-,26-,35+;22?,24-,25-,33+/m000/s1. The molecule has 0 N–H and O–H groups in total. The summed E-state index contributed by atoms with van der Waals surface area (Å²) in [6, 6.07) is 32.4. The first-order chi connectivity index (χ1) is 63.3. The van der Waals surface area contributed by atoms with Crippen molar-refractivity contribution in [2.24, 2.45) is 16.2 Å². The number of hydrogen-bond donors (Lipinski definition) is 0. The van der Waals surface area contributed by atoms with Crippen molar-refractivity contribution in [3.05, 3.63) is 159 Å². The summed E-state index contributed by atoms with van der Waals surface area (Å²) in [4.78, 5) is 130. The van der Waals surface area contributed by atoms with E-state index in [0.29, 0.717) is 164 Å². The molecule has 29 nitrogen and oxygen atoms in total. The molecule has 6 aromatic rings. The predicted octanol–water partition coefficient (Wildman–Crippen LogP) is 14.1. The number of allylic oxidation sites excluding steroid dienone is 1. The summed E-state index contributed by atoms with van der Waals surface area (Å²) < 4.78 is 30.1. The molecule has 18 rings (SSSR count). The molecule has 6 saturated heterocycles. The molecule has 0 saturated carbocycles. The number of benzene rings is 3. The summed E-state index contributed by atoms with van der Waals surface area (Å²) in [5.74, 6) is 2.65. The second-order valence-corrected chi connectivity index (χ2v) is 41.1. The maximum atomic E-state index is 14.6. The maximum Gasteiger partial charge on any atom is 0.410 e. The molecule has 3 aromatic heterocycles. The molecule has 29 heteroatoms. The van der Waals surface area contributed by atoms with E-state index in [1.807, 2.05) is 53.7 Å². The number of anilines is 3. The van der Waals surface area contributed by atoms with E-state index in [0.717, 1.165) is 124 Å². The molecule has 3 amide bonds. The molecule has 2 unspecified atom stereocenters. The summed E-state index contributed by atoms with van der Waals surface area (Å²) in [5, 5.41) is 28.8. The number of nitrogens with zero attached hydrogens (tertiary/aromatic N) is 18. The molecule has 0 bridgehead atoms.